The van der Waals surface area contributed by atoms with E-state index in [-0.39, 0.29) is 12.2 Å². The second-order valence-electron chi connectivity index (χ2n) is 9.79. The van der Waals surface area contributed by atoms with Crippen LogP contribution in [-0.4, -0.2) is 24.9 Å². The third-order valence-corrected chi connectivity index (χ3v) is 6.85. The number of fused-ring (bicyclic) bond motifs is 1. The SMILES string of the molecule is CCNc1ccc2c(c1)C(OCCC1CCCCC1)C(OCc1ccccc1)C(C)(C)O2. The maximum atomic E-state index is 6.65. The fourth-order valence-corrected chi connectivity index (χ4v) is 5.11. The van der Waals surface area contributed by atoms with Gasteiger partial charge < -0.3 is 19.5 Å². The molecule has 2 aromatic carbocycles. The number of nitrogens with one attached hydrogen (secondary N) is 1. The highest BCUT2D eigenvalue weighted by molar-refractivity contribution is 5.53. The van der Waals surface area contributed by atoms with Gasteiger partial charge in [0, 0.05) is 24.4 Å². The van der Waals surface area contributed by atoms with E-state index in [2.05, 4.69) is 68.6 Å². The average Bonchev–Trinajstić information content (AvgIpc) is 2.80. The van der Waals surface area contributed by atoms with Crippen molar-refractivity contribution >= 4 is 5.69 Å². The zero-order chi connectivity index (χ0) is 22.4. The number of hydrogen-bond donors (Lipinski definition) is 1. The number of anilines is 1. The molecule has 1 aliphatic heterocycles. The summed E-state index contributed by atoms with van der Waals surface area (Å²) in [5, 5.41) is 3.43. The van der Waals surface area contributed by atoms with E-state index >= 15 is 0 Å². The molecule has 1 N–H and O–H groups in total. The predicted molar refractivity (Wildman–Crippen MR) is 130 cm³/mol. The molecule has 2 unspecified atom stereocenters. The first-order valence-electron chi connectivity index (χ1n) is 12.4. The zero-order valence-electron chi connectivity index (χ0n) is 19.9. The van der Waals surface area contributed by atoms with E-state index in [0.29, 0.717) is 6.61 Å². The molecular formula is C28H39NO3. The predicted octanol–water partition coefficient (Wildman–Crippen LogP) is 6.90. The Bertz CT molecular complexity index is 845. The lowest BCUT2D eigenvalue weighted by atomic mass is 9.86. The smallest absolute Gasteiger partial charge is 0.132 e. The van der Waals surface area contributed by atoms with Crippen LogP contribution in [0.1, 0.15) is 76.5 Å². The van der Waals surface area contributed by atoms with Crippen LogP contribution in [0.15, 0.2) is 48.5 Å². The molecule has 0 spiro atoms. The van der Waals surface area contributed by atoms with Gasteiger partial charge in [-0.2, -0.15) is 0 Å². The molecule has 4 nitrogen and oxygen atoms in total. The number of rotatable bonds is 9. The fraction of sp³-hybridized carbons (Fsp3) is 0.571. The summed E-state index contributed by atoms with van der Waals surface area (Å²) in [6, 6.07) is 16.7. The van der Waals surface area contributed by atoms with Gasteiger partial charge in [0.15, 0.2) is 0 Å². The van der Waals surface area contributed by atoms with Crippen molar-refractivity contribution in [3.05, 3.63) is 59.7 Å². The molecule has 2 atom stereocenters. The van der Waals surface area contributed by atoms with E-state index in [9.17, 15) is 0 Å². The van der Waals surface area contributed by atoms with Crippen molar-refractivity contribution in [3.8, 4) is 5.75 Å². The van der Waals surface area contributed by atoms with Gasteiger partial charge in [0.1, 0.15) is 23.6 Å². The van der Waals surface area contributed by atoms with E-state index < -0.39 is 5.60 Å². The quantitative estimate of drug-likeness (QED) is 0.463. The molecule has 1 fully saturated rings. The van der Waals surface area contributed by atoms with Gasteiger partial charge in [-0.05, 0) is 56.9 Å². The number of hydrogen-bond acceptors (Lipinski definition) is 4. The second kappa shape index (κ2) is 10.7. The molecule has 2 aromatic rings. The van der Waals surface area contributed by atoms with Gasteiger partial charge in [-0.3, -0.25) is 0 Å². The minimum absolute atomic E-state index is 0.153. The van der Waals surface area contributed by atoms with Gasteiger partial charge in [0.2, 0.25) is 0 Å². The van der Waals surface area contributed by atoms with Crippen LogP contribution >= 0.6 is 0 Å². The molecule has 0 saturated heterocycles. The van der Waals surface area contributed by atoms with E-state index in [1.54, 1.807) is 0 Å². The summed E-state index contributed by atoms with van der Waals surface area (Å²) in [5.74, 6) is 1.70. The average molecular weight is 438 g/mol. The Hall–Kier alpha value is -2.04. The fourth-order valence-electron chi connectivity index (χ4n) is 5.11. The van der Waals surface area contributed by atoms with Crippen molar-refractivity contribution in [2.24, 2.45) is 5.92 Å². The van der Waals surface area contributed by atoms with Crippen molar-refractivity contribution in [2.45, 2.75) is 83.7 Å². The highest BCUT2D eigenvalue weighted by Crippen LogP contribution is 2.45. The van der Waals surface area contributed by atoms with Gasteiger partial charge in [0.05, 0.1) is 6.61 Å². The summed E-state index contributed by atoms with van der Waals surface area (Å²) in [7, 11) is 0. The number of ether oxygens (including phenoxy) is 3. The van der Waals surface area contributed by atoms with Crippen LogP contribution in [0, 0.1) is 5.92 Å². The minimum atomic E-state index is -0.489. The van der Waals surface area contributed by atoms with Gasteiger partial charge >= 0.3 is 0 Å². The van der Waals surface area contributed by atoms with Crippen LogP contribution < -0.4 is 10.1 Å². The molecule has 2 aliphatic rings. The van der Waals surface area contributed by atoms with Crippen molar-refractivity contribution in [1.82, 2.24) is 0 Å². The lowest BCUT2D eigenvalue weighted by Gasteiger charge is -2.44. The van der Waals surface area contributed by atoms with Crippen LogP contribution in [0.3, 0.4) is 0 Å². The van der Waals surface area contributed by atoms with E-state index in [0.717, 1.165) is 48.1 Å². The highest BCUT2D eigenvalue weighted by Gasteiger charge is 2.45. The summed E-state index contributed by atoms with van der Waals surface area (Å²) in [6.45, 7) is 8.53. The Morgan fingerprint density at radius 2 is 1.78 bits per heavy atom. The summed E-state index contributed by atoms with van der Waals surface area (Å²) < 4.78 is 19.6. The van der Waals surface area contributed by atoms with Crippen molar-refractivity contribution in [1.29, 1.82) is 0 Å². The lowest BCUT2D eigenvalue weighted by molar-refractivity contribution is -0.168. The largest absolute Gasteiger partial charge is 0.485 e. The normalized spacial score (nSPS) is 22.7. The Balaban J connectivity index is 1.55. The van der Waals surface area contributed by atoms with Crippen LogP contribution in [0.5, 0.6) is 5.75 Å². The summed E-state index contributed by atoms with van der Waals surface area (Å²) in [5.41, 5.74) is 2.86. The van der Waals surface area contributed by atoms with E-state index in [1.807, 2.05) is 6.07 Å². The van der Waals surface area contributed by atoms with Gasteiger partial charge in [0.25, 0.3) is 0 Å². The monoisotopic (exact) mass is 437 g/mol. The third-order valence-electron chi connectivity index (χ3n) is 6.85. The Kier molecular flexibility index (Phi) is 7.75. The molecule has 0 aromatic heterocycles. The van der Waals surface area contributed by atoms with E-state index in [4.69, 9.17) is 14.2 Å². The van der Waals surface area contributed by atoms with Gasteiger partial charge in [-0.1, -0.05) is 62.4 Å². The molecule has 1 aliphatic carbocycles. The maximum absolute atomic E-state index is 6.65. The van der Waals surface area contributed by atoms with Crippen molar-refractivity contribution < 1.29 is 14.2 Å². The number of benzene rings is 2. The van der Waals surface area contributed by atoms with Crippen LogP contribution in [0.4, 0.5) is 5.69 Å². The first-order chi connectivity index (χ1) is 15.6. The topological polar surface area (TPSA) is 39.7 Å². The van der Waals surface area contributed by atoms with Crippen molar-refractivity contribution in [3.63, 3.8) is 0 Å². The summed E-state index contributed by atoms with van der Waals surface area (Å²) in [4.78, 5) is 0. The Morgan fingerprint density at radius 3 is 2.53 bits per heavy atom. The molecule has 1 heterocycles. The van der Waals surface area contributed by atoms with Crippen LogP contribution in [-0.2, 0) is 16.1 Å². The third kappa shape index (κ3) is 5.65. The van der Waals surface area contributed by atoms with Crippen LogP contribution in [0.25, 0.3) is 0 Å². The highest BCUT2D eigenvalue weighted by atomic mass is 16.6. The van der Waals surface area contributed by atoms with E-state index in [1.165, 1.54) is 32.1 Å². The zero-order valence-corrected chi connectivity index (χ0v) is 19.9. The molecular weight excluding hydrogens is 398 g/mol. The lowest BCUT2D eigenvalue weighted by Crippen LogP contribution is -2.51. The molecule has 174 valence electrons. The first kappa shape index (κ1) is 23.1. The summed E-state index contributed by atoms with van der Waals surface area (Å²) in [6.07, 6.45) is 7.60. The minimum Gasteiger partial charge on any atom is -0.485 e. The standard InChI is InChI=1S/C28H39NO3/c1-4-29-23-15-16-25-24(19-23)26(30-18-17-21-11-7-5-8-12-21)27(28(2,3)32-25)31-20-22-13-9-6-10-14-22/h6,9-10,13-16,19,21,26-27,29H,4-5,7-8,11-12,17-18,20H2,1-3H3. The van der Waals surface area contributed by atoms with Gasteiger partial charge in [-0.25, -0.2) is 0 Å². The first-order valence-corrected chi connectivity index (χ1v) is 12.4. The van der Waals surface area contributed by atoms with Crippen molar-refractivity contribution in [2.75, 3.05) is 18.5 Å². The molecule has 32 heavy (non-hydrogen) atoms. The summed E-state index contributed by atoms with van der Waals surface area (Å²) >= 11 is 0. The molecule has 0 bridgehead atoms. The van der Waals surface area contributed by atoms with Gasteiger partial charge in [-0.15, -0.1) is 0 Å². The van der Waals surface area contributed by atoms with Crippen LogP contribution in [0.2, 0.25) is 0 Å². The second-order valence-corrected chi connectivity index (χ2v) is 9.79. The maximum Gasteiger partial charge on any atom is 0.132 e. The molecule has 4 rings (SSSR count). The molecule has 4 heteroatoms. The Labute approximate surface area is 193 Å². The molecule has 1 saturated carbocycles. The molecule has 0 amide bonds. The molecule has 0 radical (unpaired) electrons. The Morgan fingerprint density at radius 1 is 1.00 bits per heavy atom.